The van der Waals surface area contributed by atoms with Gasteiger partial charge in [0.15, 0.2) is 5.82 Å². The van der Waals surface area contributed by atoms with E-state index in [1.54, 1.807) is 20.5 Å². The summed E-state index contributed by atoms with van der Waals surface area (Å²) in [6.45, 7) is 1.49. The van der Waals surface area contributed by atoms with E-state index in [4.69, 9.17) is 9.47 Å². The van der Waals surface area contributed by atoms with Crippen molar-refractivity contribution in [2.24, 2.45) is 13.0 Å². The van der Waals surface area contributed by atoms with Crippen LogP contribution in [0.4, 0.5) is 5.82 Å². The van der Waals surface area contributed by atoms with Crippen molar-refractivity contribution in [3.05, 3.63) is 30.4 Å². The van der Waals surface area contributed by atoms with Gasteiger partial charge in [-0.3, -0.25) is 4.57 Å². The van der Waals surface area contributed by atoms with Gasteiger partial charge in [-0.1, -0.05) is 6.07 Å². The highest BCUT2D eigenvalue weighted by Gasteiger charge is 2.33. The third-order valence-corrected chi connectivity index (χ3v) is 7.22. The van der Waals surface area contributed by atoms with E-state index in [0.717, 1.165) is 42.7 Å². The van der Waals surface area contributed by atoms with Gasteiger partial charge in [-0.05, 0) is 42.5 Å². The summed E-state index contributed by atoms with van der Waals surface area (Å²) in [6.07, 6.45) is 3.54. The smallest absolute Gasteiger partial charge is 0.330 e. The van der Waals surface area contributed by atoms with Gasteiger partial charge in [-0.15, -0.1) is 10.2 Å². The van der Waals surface area contributed by atoms with Crippen LogP contribution in [0.2, 0.25) is 0 Å². The lowest BCUT2D eigenvalue weighted by molar-refractivity contribution is 0.103. The van der Waals surface area contributed by atoms with E-state index in [-0.39, 0.29) is 19.1 Å². The Labute approximate surface area is 191 Å². The molecule has 1 atom stereocenters. The molecule has 0 aliphatic carbocycles. The number of rotatable bonds is 9. The minimum atomic E-state index is -4.31. The maximum Gasteiger partial charge on any atom is 0.330 e. The molecule has 178 valence electrons. The minimum Gasteiger partial charge on any atom is -0.494 e. The van der Waals surface area contributed by atoms with E-state index in [1.165, 1.54) is 4.80 Å². The van der Waals surface area contributed by atoms with Gasteiger partial charge >= 0.3 is 7.60 Å². The van der Waals surface area contributed by atoms with Crippen molar-refractivity contribution in [1.29, 1.82) is 0 Å². The highest BCUT2D eigenvalue weighted by molar-refractivity contribution is 7.52. The SMILES string of the molecule is COc1cccc2c(N3CCC(CC(COCc4nnn(C)n4)P(=O)(O)O)CC3)ncnc12. The lowest BCUT2D eigenvalue weighted by Gasteiger charge is -2.34. The minimum absolute atomic E-state index is 0.0565. The highest BCUT2D eigenvalue weighted by Crippen LogP contribution is 2.45. The molecule has 1 aromatic carbocycles. The zero-order valence-electron chi connectivity index (χ0n) is 18.6. The van der Waals surface area contributed by atoms with Crippen LogP contribution in [-0.4, -0.2) is 72.4 Å². The summed E-state index contributed by atoms with van der Waals surface area (Å²) in [5.74, 6) is 2.11. The monoisotopic (exact) mass is 477 g/mol. The summed E-state index contributed by atoms with van der Waals surface area (Å²) >= 11 is 0. The molecule has 1 saturated heterocycles. The van der Waals surface area contributed by atoms with Gasteiger partial charge in [0.25, 0.3) is 0 Å². The quantitative estimate of drug-likeness (QED) is 0.432. The number of ether oxygens (including phenoxy) is 2. The number of benzene rings is 1. The zero-order chi connectivity index (χ0) is 23.4. The molecule has 13 heteroatoms. The number of nitrogens with zero attached hydrogens (tertiary/aromatic N) is 7. The predicted octanol–water partition coefficient (Wildman–Crippen LogP) is 1.53. The summed E-state index contributed by atoms with van der Waals surface area (Å²) in [7, 11) is -1.05. The Kier molecular flexibility index (Phi) is 7.18. The molecule has 33 heavy (non-hydrogen) atoms. The van der Waals surface area contributed by atoms with Gasteiger partial charge in [-0.25, -0.2) is 9.97 Å². The third kappa shape index (κ3) is 5.64. The second-order valence-electron chi connectivity index (χ2n) is 8.17. The number of para-hydroxylation sites is 1. The molecule has 12 nitrogen and oxygen atoms in total. The van der Waals surface area contributed by atoms with Crippen LogP contribution in [0, 0.1) is 5.92 Å². The number of aromatic nitrogens is 6. The van der Waals surface area contributed by atoms with Crippen LogP contribution in [-0.2, 0) is 23.0 Å². The number of hydrogen-bond donors (Lipinski definition) is 2. The molecule has 3 aromatic rings. The van der Waals surface area contributed by atoms with Crippen LogP contribution in [0.5, 0.6) is 5.75 Å². The van der Waals surface area contributed by atoms with Crippen LogP contribution in [0.3, 0.4) is 0 Å². The first-order chi connectivity index (χ1) is 15.8. The van der Waals surface area contributed by atoms with Gasteiger partial charge in [-0.2, -0.15) is 4.80 Å². The van der Waals surface area contributed by atoms with Crippen LogP contribution in [0.1, 0.15) is 25.1 Å². The van der Waals surface area contributed by atoms with Crippen molar-refractivity contribution in [2.75, 3.05) is 31.7 Å². The Morgan fingerprint density at radius 2 is 2.03 bits per heavy atom. The second kappa shape index (κ2) is 10.1. The lowest BCUT2D eigenvalue weighted by Crippen LogP contribution is -2.36. The zero-order valence-corrected chi connectivity index (χ0v) is 19.5. The molecule has 1 fully saturated rings. The van der Waals surface area contributed by atoms with E-state index < -0.39 is 13.3 Å². The molecule has 0 amide bonds. The summed E-state index contributed by atoms with van der Waals surface area (Å²) < 4.78 is 23.0. The molecular formula is C20H28N7O5P. The van der Waals surface area contributed by atoms with Crippen LogP contribution in [0.15, 0.2) is 24.5 Å². The molecule has 1 aliphatic heterocycles. The number of methoxy groups -OCH3 is 1. The lowest BCUT2D eigenvalue weighted by atomic mass is 9.92. The summed E-state index contributed by atoms with van der Waals surface area (Å²) in [4.78, 5) is 32.1. The second-order valence-corrected chi connectivity index (χ2v) is 10.1. The fourth-order valence-electron chi connectivity index (χ4n) is 4.20. The fourth-order valence-corrected chi connectivity index (χ4v) is 5.07. The normalized spacial score (nSPS) is 16.3. The number of tetrazole rings is 1. The molecule has 0 radical (unpaired) electrons. The van der Waals surface area contributed by atoms with E-state index in [2.05, 4.69) is 30.3 Å². The Hall–Kier alpha value is -2.66. The van der Waals surface area contributed by atoms with Crippen molar-refractivity contribution in [2.45, 2.75) is 31.5 Å². The Morgan fingerprint density at radius 3 is 2.70 bits per heavy atom. The maximum atomic E-state index is 12.1. The molecule has 1 aliphatic rings. The summed E-state index contributed by atoms with van der Waals surface area (Å²) in [5.41, 5.74) is -0.0988. The first-order valence-electron chi connectivity index (χ1n) is 10.7. The molecule has 0 saturated carbocycles. The maximum absolute atomic E-state index is 12.1. The summed E-state index contributed by atoms with van der Waals surface area (Å²) in [6, 6.07) is 5.77. The Bertz CT molecular complexity index is 1130. The average Bonchev–Trinajstić information content (AvgIpc) is 3.22. The van der Waals surface area contributed by atoms with Gasteiger partial charge in [0, 0.05) is 18.5 Å². The number of fused-ring (bicyclic) bond motifs is 1. The molecule has 0 bridgehead atoms. The van der Waals surface area contributed by atoms with Crippen molar-refractivity contribution in [3.63, 3.8) is 0 Å². The van der Waals surface area contributed by atoms with E-state index >= 15 is 0 Å². The predicted molar refractivity (Wildman–Crippen MR) is 120 cm³/mol. The number of hydrogen-bond acceptors (Lipinski definition) is 9. The van der Waals surface area contributed by atoms with Crippen LogP contribution in [0.25, 0.3) is 10.9 Å². The van der Waals surface area contributed by atoms with Gasteiger partial charge in [0.2, 0.25) is 0 Å². The van der Waals surface area contributed by atoms with Crippen molar-refractivity contribution >= 4 is 24.3 Å². The van der Waals surface area contributed by atoms with Gasteiger partial charge in [0.1, 0.15) is 30.0 Å². The van der Waals surface area contributed by atoms with Crippen molar-refractivity contribution in [3.8, 4) is 5.75 Å². The molecule has 0 spiro atoms. The largest absolute Gasteiger partial charge is 0.494 e. The number of piperidine rings is 1. The van der Waals surface area contributed by atoms with E-state index in [1.807, 2.05) is 18.2 Å². The average molecular weight is 477 g/mol. The van der Waals surface area contributed by atoms with Gasteiger partial charge < -0.3 is 24.2 Å². The third-order valence-electron chi connectivity index (χ3n) is 5.91. The molecule has 2 aromatic heterocycles. The molecule has 4 rings (SSSR count). The number of anilines is 1. The standard InChI is InChI=1S/C20H28N7O5P/c1-26-24-18(23-25-26)12-32-11-15(33(28,29)30)10-14-6-8-27(9-7-14)20-16-4-3-5-17(31-2)19(16)21-13-22-20/h3-5,13-15H,6-12H2,1-2H3,(H2,28,29,30). The van der Waals surface area contributed by atoms with Gasteiger partial charge in [0.05, 0.1) is 26.4 Å². The summed E-state index contributed by atoms with van der Waals surface area (Å²) in [5, 5.41) is 12.5. The molecule has 3 heterocycles. The first kappa shape index (κ1) is 23.5. The van der Waals surface area contributed by atoms with Crippen LogP contribution >= 0.6 is 7.60 Å². The van der Waals surface area contributed by atoms with E-state index in [9.17, 15) is 14.4 Å². The fraction of sp³-hybridized carbons (Fsp3) is 0.550. The molecule has 1 unspecified atom stereocenters. The first-order valence-corrected chi connectivity index (χ1v) is 12.4. The Balaban J connectivity index is 1.36. The Morgan fingerprint density at radius 1 is 1.24 bits per heavy atom. The number of aryl methyl sites for hydroxylation is 1. The van der Waals surface area contributed by atoms with E-state index in [0.29, 0.717) is 18.0 Å². The topological polar surface area (TPSA) is 149 Å². The molecular weight excluding hydrogens is 449 g/mol. The molecule has 2 N–H and O–H groups in total. The highest BCUT2D eigenvalue weighted by atomic mass is 31.2. The van der Waals surface area contributed by atoms with Crippen molar-refractivity contribution in [1.82, 2.24) is 30.2 Å². The van der Waals surface area contributed by atoms with Crippen LogP contribution < -0.4 is 9.64 Å². The van der Waals surface area contributed by atoms with Crippen molar-refractivity contribution < 1.29 is 23.8 Å².